The van der Waals surface area contributed by atoms with Crippen molar-refractivity contribution in [2.45, 2.75) is 5.41 Å². The van der Waals surface area contributed by atoms with Crippen molar-refractivity contribution in [2.24, 2.45) is 5.73 Å². The van der Waals surface area contributed by atoms with Gasteiger partial charge in [-0.1, -0.05) is 24.3 Å². The number of rotatable bonds is 1. The average molecular weight is 356 g/mol. The number of nitrogens with one attached hydrogen (secondary N) is 2. The van der Waals surface area contributed by atoms with E-state index in [2.05, 4.69) is 26.6 Å². The third-order valence-electron chi connectivity index (χ3n) is 4.89. The molecule has 0 unspecified atom stereocenters. The number of para-hydroxylation sites is 1. The number of nitrogens with two attached hydrogens (primary N) is 1. The van der Waals surface area contributed by atoms with E-state index in [0.717, 1.165) is 0 Å². The molecule has 4 heterocycles. The first kappa shape index (κ1) is 15.2. The number of nitrogens with zero attached hydrogens (tertiary/aromatic N) is 3. The molecule has 1 amide bonds. The molecule has 27 heavy (non-hydrogen) atoms. The highest BCUT2D eigenvalue weighted by Gasteiger charge is 2.58. The van der Waals surface area contributed by atoms with E-state index < -0.39 is 5.41 Å². The second-order valence-corrected chi connectivity index (χ2v) is 6.20. The van der Waals surface area contributed by atoms with Crippen LogP contribution in [0.2, 0.25) is 0 Å². The fraction of sp³-hybridized carbons (Fsp3) is 0.0526. The summed E-state index contributed by atoms with van der Waals surface area (Å²) in [6.45, 7) is 0. The fourth-order valence-electron chi connectivity index (χ4n) is 3.80. The molecular weight excluding hydrogens is 344 g/mol. The quantitative estimate of drug-likeness (QED) is 0.609. The Morgan fingerprint density at radius 3 is 2.78 bits per heavy atom. The molecule has 1 atom stereocenters. The molecule has 2 aromatic heterocycles. The van der Waals surface area contributed by atoms with Crippen LogP contribution in [0.25, 0.3) is 11.4 Å². The molecule has 3 aromatic rings. The van der Waals surface area contributed by atoms with Gasteiger partial charge in [0.1, 0.15) is 17.1 Å². The van der Waals surface area contributed by atoms with Gasteiger partial charge in [-0.25, -0.2) is 0 Å². The Bertz CT molecular complexity index is 1170. The van der Waals surface area contributed by atoms with Gasteiger partial charge in [0, 0.05) is 17.4 Å². The molecule has 0 fully saturated rings. The van der Waals surface area contributed by atoms with Gasteiger partial charge >= 0.3 is 0 Å². The molecule has 0 aliphatic carbocycles. The van der Waals surface area contributed by atoms with Crippen molar-refractivity contribution in [3.8, 4) is 23.3 Å². The van der Waals surface area contributed by atoms with Crippen molar-refractivity contribution in [1.29, 1.82) is 5.26 Å². The van der Waals surface area contributed by atoms with Crippen LogP contribution in [0.5, 0.6) is 5.88 Å². The second kappa shape index (κ2) is 5.19. The largest absolute Gasteiger partial charge is 0.420 e. The Hall–Kier alpha value is -4.12. The number of benzene rings is 1. The van der Waals surface area contributed by atoms with Crippen molar-refractivity contribution in [2.75, 3.05) is 5.32 Å². The van der Waals surface area contributed by atoms with Crippen LogP contribution in [0.3, 0.4) is 0 Å². The number of fused-ring (bicyclic) bond motifs is 4. The molecule has 0 saturated carbocycles. The first-order valence-corrected chi connectivity index (χ1v) is 8.17. The van der Waals surface area contributed by atoms with Crippen LogP contribution in [0, 0.1) is 11.3 Å². The number of nitriles is 1. The lowest BCUT2D eigenvalue weighted by atomic mass is 9.69. The number of pyridine rings is 1. The summed E-state index contributed by atoms with van der Waals surface area (Å²) in [5, 5.41) is 19.8. The molecule has 0 bridgehead atoms. The van der Waals surface area contributed by atoms with Crippen LogP contribution >= 0.6 is 0 Å². The number of anilines is 1. The lowest BCUT2D eigenvalue weighted by Gasteiger charge is -2.31. The minimum Gasteiger partial charge on any atom is -0.420 e. The van der Waals surface area contributed by atoms with Crippen molar-refractivity contribution in [3.05, 3.63) is 71.2 Å². The molecule has 130 valence electrons. The first-order valence-electron chi connectivity index (χ1n) is 8.17. The molecule has 1 spiro atoms. The summed E-state index contributed by atoms with van der Waals surface area (Å²) in [4.78, 5) is 17.6. The van der Waals surface area contributed by atoms with E-state index in [4.69, 9.17) is 10.5 Å². The zero-order chi connectivity index (χ0) is 18.6. The van der Waals surface area contributed by atoms with E-state index in [0.29, 0.717) is 28.2 Å². The highest BCUT2D eigenvalue weighted by molar-refractivity contribution is 6.13. The van der Waals surface area contributed by atoms with Crippen LogP contribution < -0.4 is 15.8 Å². The Labute approximate surface area is 153 Å². The summed E-state index contributed by atoms with van der Waals surface area (Å²) in [6, 6.07) is 14.7. The topological polar surface area (TPSA) is 130 Å². The number of aromatic amines is 1. The Kier molecular flexibility index (Phi) is 2.91. The predicted molar refractivity (Wildman–Crippen MR) is 95.1 cm³/mol. The van der Waals surface area contributed by atoms with E-state index in [1.165, 1.54) is 0 Å². The summed E-state index contributed by atoms with van der Waals surface area (Å²) >= 11 is 0. The summed E-state index contributed by atoms with van der Waals surface area (Å²) in [5.41, 5.74) is 7.31. The number of hydrogen-bond acceptors (Lipinski definition) is 6. The Morgan fingerprint density at radius 1 is 1.19 bits per heavy atom. The third kappa shape index (κ3) is 1.77. The van der Waals surface area contributed by atoms with Gasteiger partial charge in [0.2, 0.25) is 17.7 Å². The Balaban J connectivity index is 1.92. The molecule has 5 rings (SSSR count). The smallest absolute Gasteiger partial charge is 0.245 e. The van der Waals surface area contributed by atoms with Crippen LogP contribution in [0.1, 0.15) is 11.1 Å². The van der Waals surface area contributed by atoms with Crippen molar-refractivity contribution < 1.29 is 9.53 Å². The molecule has 2 aliphatic rings. The lowest BCUT2D eigenvalue weighted by molar-refractivity contribution is -0.118. The van der Waals surface area contributed by atoms with E-state index in [9.17, 15) is 10.1 Å². The number of H-pyrrole nitrogens is 1. The third-order valence-corrected chi connectivity index (χ3v) is 4.89. The predicted octanol–water partition coefficient (Wildman–Crippen LogP) is 1.80. The zero-order valence-electron chi connectivity index (χ0n) is 13.9. The molecule has 8 nitrogen and oxygen atoms in total. The van der Waals surface area contributed by atoms with Gasteiger partial charge in [0.15, 0.2) is 0 Å². The van der Waals surface area contributed by atoms with E-state index in [1.807, 2.05) is 18.2 Å². The van der Waals surface area contributed by atoms with Crippen molar-refractivity contribution >= 4 is 11.6 Å². The highest BCUT2D eigenvalue weighted by Crippen LogP contribution is 2.54. The number of aromatic nitrogens is 3. The first-order chi connectivity index (χ1) is 13.2. The molecular formula is C19H12N6O2. The molecule has 1 aromatic carbocycles. The van der Waals surface area contributed by atoms with E-state index in [1.54, 1.807) is 30.5 Å². The number of hydrogen-bond donors (Lipinski definition) is 3. The SMILES string of the molecule is N#CC1=C(N)Oc2n[nH]c(-c3ccccn3)c2[C@@]12C(=O)Nc1ccccc12. The van der Waals surface area contributed by atoms with Gasteiger partial charge in [-0.3, -0.25) is 14.9 Å². The van der Waals surface area contributed by atoms with Crippen LogP contribution in [-0.2, 0) is 10.2 Å². The maximum atomic E-state index is 13.3. The summed E-state index contributed by atoms with van der Waals surface area (Å²) in [5.74, 6) is -0.374. The molecule has 8 heteroatoms. The molecule has 0 saturated heterocycles. The number of carbonyl (C=O) groups is 1. The highest BCUT2D eigenvalue weighted by atomic mass is 16.5. The van der Waals surface area contributed by atoms with Crippen LogP contribution in [0.4, 0.5) is 5.69 Å². The lowest BCUT2D eigenvalue weighted by Crippen LogP contribution is -2.42. The van der Waals surface area contributed by atoms with Crippen LogP contribution in [0.15, 0.2) is 60.1 Å². The average Bonchev–Trinajstić information content (AvgIpc) is 3.23. The fourth-order valence-corrected chi connectivity index (χ4v) is 3.80. The minimum atomic E-state index is -1.46. The standard InChI is InChI=1S/C19H12N6O2/c20-9-11-16(21)27-17-14(15(24-25-17)13-7-3-4-8-22-13)19(11)10-5-1-2-6-12(10)23-18(19)26/h1-8H,21H2,(H,23,26)(H,24,25)/t19-/m0/s1. The minimum absolute atomic E-state index is 0.0241. The van der Waals surface area contributed by atoms with Crippen molar-refractivity contribution in [3.63, 3.8) is 0 Å². The summed E-state index contributed by atoms with van der Waals surface area (Å²) < 4.78 is 5.57. The van der Waals surface area contributed by atoms with Gasteiger partial charge in [-0.05, 0) is 18.2 Å². The number of carbonyl (C=O) groups excluding carboxylic acids is 1. The molecule has 2 aliphatic heterocycles. The van der Waals surface area contributed by atoms with Gasteiger partial charge in [0.05, 0.1) is 17.0 Å². The number of amides is 1. The maximum absolute atomic E-state index is 13.3. The second-order valence-electron chi connectivity index (χ2n) is 6.20. The van der Waals surface area contributed by atoms with E-state index >= 15 is 0 Å². The maximum Gasteiger partial charge on any atom is 0.245 e. The monoisotopic (exact) mass is 356 g/mol. The van der Waals surface area contributed by atoms with Gasteiger partial charge < -0.3 is 15.8 Å². The van der Waals surface area contributed by atoms with Gasteiger partial charge in [-0.2, -0.15) is 5.26 Å². The van der Waals surface area contributed by atoms with E-state index in [-0.39, 0.29) is 23.2 Å². The van der Waals surface area contributed by atoms with Gasteiger partial charge in [-0.15, -0.1) is 5.10 Å². The molecule has 4 N–H and O–H groups in total. The summed E-state index contributed by atoms with van der Waals surface area (Å²) in [6.07, 6.45) is 1.64. The Morgan fingerprint density at radius 2 is 2.00 bits per heavy atom. The molecule has 0 radical (unpaired) electrons. The van der Waals surface area contributed by atoms with Crippen LogP contribution in [-0.4, -0.2) is 21.1 Å². The number of ether oxygens (including phenoxy) is 1. The zero-order valence-corrected chi connectivity index (χ0v) is 13.9. The normalized spacial score (nSPS) is 19.9. The van der Waals surface area contributed by atoms with Crippen molar-refractivity contribution in [1.82, 2.24) is 15.2 Å². The summed E-state index contributed by atoms with van der Waals surface area (Å²) in [7, 11) is 0. The van der Waals surface area contributed by atoms with Gasteiger partial charge in [0.25, 0.3) is 0 Å².